The number of amides is 2. The van der Waals surface area contributed by atoms with Crippen LogP contribution >= 0.6 is 0 Å². The minimum absolute atomic E-state index is 0.119. The fourth-order valence-corrected chi connectivity index (χ4v) is 4.85. The summed E-state index contributed by atoms with van der Waals surface area (Å²) in [5.41, 5.74) is -0.0737. The number of hydrogen-bond acceptors (Lipinski definition) is 5. The molecule has 2 aromatic rings. The summed E-state index contributed by atoms with van der Waals surface area (Å²) in [6, 6.07) is 13.1. The summed E-state index contributed by atoms with van der Waals surface area (Å²) in [4.78, 5) is 30.0. The van der Waals surface area contributed by atoms with Crippen LogP contribution in [0.25, 0.3) is 0 Å². The molecule has 2 heterocycles. The number of nitrogens with zero attached hydrogens (tertiary/aromatic N) is 3. The summed E-state index contributed by atoms with van der Waals surface area (Å²) in [6.45, 7) is 4.56. The van der Waals surface area contributed by atoms with Crippen LogP contribution in [0, 0.1) is 0 Å². The van der Waals surface area contributed by atoms with E-state index < -0.39 is 17.6 Å². The summed E-state index contributed by atoms with van der Waals surface area (Å²) in [7, 11) is 2.03. The Morgan fingerprint density at radius 1 is 1.11 bits per heavy atom. The third-order valence-electron chi connectivity index (χ3n) is 6.77. The molecule has 2 saturated heterocycles. The number of piperazine rings is 1. The maximum atomic E-state index is 13.3. The molecule has 2 aliphatic rings. The lowest BCUT2D eigenvalue weighted by atomic mass is 10.1. The van der Waals surface area contributed by atoms with E-state index >= 15 is 0 Å². The van der Waals surface area contributed by atoms with Crippen molar-refractivity contribution in [2.24, 2.45) is 0 Å². The zero-order chi connectivity index (χ0) is 26.4. The maximum Gasteiger partial charge on any atom is 0.417 e. The zero-order valence-corrected chi connectivity index (χ0v) is 21.0. The third kappa shape index (κ3) is 7.45. The number of benzene rings is 2. The van der Waals surface area contributed by atoms with Crippen molar-refractivity contribution in [1.82, 2.24) is 20.0 Å². The number of likely N-dealkylation sites (N-methyl/N-ethyl adjacent to an activating group) is 1. The van der Waals surface area contributed by atoms with Crippen molar-refractivity contribution in [3.05, 3.63) is 65.2 Å². The highest BCUT2D eigenvalue weighted by Crippen LogP contribution is 2.32. The number of nitrogens with one attached hydrogen (secondary N) is 1. The Morgan fingerprint density at radius 3 is 2.57 bits per heavy atom. The molecule has 2 aromatic carbocycles. The van der Waals surface area contributed by atoms with Crippen molar-refractivity contribution in [3.8, 4) is 5.75 Å². The lowest BCUT2D eigenvalue weighted by molar-refractivity contribution is -0.138. The molecule has 4 rings (SSSR count). The Hall–Kier alpha value is -3.11. The maximum absolute atomic E-state index is 13.3. The molecule has 0 saturated carbocycles. The lowest BCUT2D eigenvalue weighted by Gasteiger charge is -2.35. The summed E-state index contributed by atoms with van der Waals surface area (Å²) >= 11 is 0. The van der Waals surface area contributed by atoms with Gasteiger partial charge in [-0.1, -0.05) is 24.3 Å². The van der Waals surface area contributed by atoms with E-state index in [0.29, 0.717) is 45.8 Å². The predicted octanol–water partition coefficient (Wildman–Crippen LogP) is 3.25. The van der Waals surface area contributed by atoms with E-state index in [-0.39, 0.29) is 17.5 Å². The number of carbonyl (C=O) groups excluding carboxylic acids is 2. The number of halogens is 3. The van der Waals surface area contributed by atoms with Gasteiger partial charge < -0.3 is 19.9 Å². The number of alkyl halides is 3. The molecule has 0 spiro atoms. The third-order valence-corrected chi connectivity index (χ3v) is 6.77. The molecule has 1 atom stereocenters. The lowest BCUT2D eigenvalue weighted by Crippen LogP contribution is -2.49. The van der Waals surface area contributed by atoms with Crippen LogP contribution in [-0.4, -0.2) is 85.5 Å². The van der Waals surface area contributed by atoms with E-state index in [1.807, 2.05) is 31.3 Å². The monoisotopic (exact) mass is 518 g/mol. The van der Waals surface area contributed by atoms with Gasteiger partial charge in [-0.15, -0.1) is 0 Å². The normalized spacial score (nSPS) is 18.8. The smallest absolute Gasteiger partial charge is 0.417 e. The molecule has 200 valence electrons. The van der Waals surface area contributed by atoms with Gasteiger partial charge in [0.1, 0.15) is 12.4 Å². The summed E-state index contributed by atoms with van der Waals surface area (Å²) in [6.07, 6.45) is -3.10. The van der Waals surface area contributed by atoms with Crippen molar-refractivity contribution in [1.29, 1.82) is 0 Å². The van der Waals surface area contributed by atoms with Gasteiger partial charge in [-0.2, -0.15) is 13.2 Å². The largest absolute Gasteiger partial charge is 0.492 e. The van der Waals surface area contributed by atoms with E-state index in [2.05, 4.69) is 15.1 Å². The molecule has 0 aliphatic carbocycles. The van der Waals surface area contributed by atoms with Crippen LogP contribution < -0.4 is 10.1 Å². The first-order chi connectivity index (χ1) is 17.7. The number of rotatable bonds is 9. The number of hydrogen-bond donors (Lipinski definition) is 1. The first kappa shape index (κ1) is 26.9. The Labute approximate surface area is 215 Å². The number of carbonyl (C=O) groups is 2. The molecule has 2 amide bonds. The quantitative estimate of drug-likeness (QED) is 0.552. The molecule has 0 bridgehead atoms. The SMILES string of the molecule is CN(Cc1cccc(OCCN2CCN(C(=O)c3ccccc3C(F)(F)F)CC2)c1)CC1CCC(=O)N1. The van der Waals surface area contributed by atoms with Gasteiger partial charge in [-0.25, -0.2) is 0 Å². The van der Waals surface area contributed by atoms with Gasteiger partial charge >= 0.3 is 6.18 Å². The second-order valence-corrected chi connectivity index (χ2v) is 9.67. The summed E-state index contributed by atoms with van der Waals surface area (Å²) < 4.78 is 45.8. The van der Waals surface area contributed by atoms with Crippen LogP contribution in [0.2, 0.25) is 0 Å². The molecule has 0 aromatic heterocycles. The average Bonchev–Trinajstić information content (AvgIpc) is 3.28. The Kier molecular flexibility index (Phi) is 8.71. The van der Waals surface area contributed by atoms with Gasteiger partial charge in [-0.05, 0) is 43.3 Å². The average molecular weight is 519 g/mol. The highest BCUT2D eigenvalue weighted by atomic mass is 19.4. The van der Waals surface area contributed by atoms with E-state index in [1.165, 1.54) is 23.1 Å². The highest BCUT2D eigenvalue weighted by Gasteiger charge is 2.36. The first-order valence-corrected chi connectivity index (χ1v) is 12.6. The van der Waals surface area contributed by atoms with Gasteiger partial charge in [0.2, 0.25) is 5.91 Å². The number of ether oxygens (including phenoxy) is 1. The molecular formula is C27H33F3N4O3. The minimum atomic E-state index is -4.56. The van der Waals surface area contributed by atoms with Crippen molar-refractivity contribution in [2.75, 3.05) is 52.9 Å². The van der Waals surface area contributed by atoms with Gasteiger partial charge in [0, 0.05) is 58.3 Å². The Morgan fingerprint density at radius 2 is 1.86 bits per heavy atom. The highest BCUT2D eigenvalue weighted by molar-refractivity contribution is 5.96. The van der Waals surface area contributed by atoms with Crippen LogP contribution in [0.4, 0.5) is 13.2 Å². The first-order valence-electron chi connectivity index (χ1n) is 12.6. The summed E-state index contributed by atoms with van der Waals surface area (Å²) in [5, 5.41) is 2.99. The van der Waals surface area contributed by atoms with Crippen molar-refractivity contribution in [3.63, 3.8) is 0 Å². The fraction of sp³-hybridized carbons (Fsp3) is 0.481. The Bertz CT molecular complexity index is 1090. The predicted molar refractivity (Wildman–Crippen MR) is 133 cm³/mol. The van der Waals surface area contributed by atoms with Crippen LogP contribution in [0.15, 0.2) is 48.5 Å². The molecule has 0 radical (unpaired) electrons. The second-order valence-electron chi connectivity index (χ2n) is 9.67. The Balaban J connectivity index is 1.20. The molecule has 7 nitrogen and oxygen atoms in total. The molecule has 1 unspecified atom stereocenters. The van der Waals surface area contributed by atoms with Crippen molar-refractivity contribution in [2.45, 2.75) is 31.6 Å². The molecule has 37 heavy (non-hydrogen) atoms. The standard InChI is InChI=1S/C27H33F3N4O3/c1-32(19-21-9-10-25(35)31-21)18-20-5-4-6-22(17-20)37-16-15-33-11-13-34(14-12-33)26(36)23-7-2-3-8-24(23)27(28,29)30/h2-8,17,21H,9-16,18-19H2,1H3,(H,31,35). The van der Waals surface area contributed by atoms with Crippen molar-refractivity contribution < 1.29 is 27.5 Å². The van der Waals surface area contributed by atoms with Crippen LogP contribution in [0.1, 0.15) is 34.3 Å². The summed E-state index contributed by atoms with van der Waals surface area (Å²) in [5.74, 6) is 0.312. The van der Waals surface area contributed by atoms with Gasteiger partial charge in [-0.3, -0.25) is 14.5 Å². The van der Waals surface area contributed by atoms with E-state index in [0.717, 1.165) is 36.9 Å². The minimum Gasteiger partial charge on any atom is -0.492 e. The van der Waals surface area contributed by atoms with Crippen LogP contribution in [0.5, 0.6) is 5.75 Å². The topological polar surface area (TPSA) is 65.1 Å². The molecular weight excluding hydrogens is 485 g/mol. The van der Waals surface area contributed by atoms with Crippen LogP contribution in [-0.2, 0) is 17.5 Å². The van der Waals surface area contributed by atoms with Gasteiger partial charge in [0.15, 0.2) is 0 Å². The molecule has 10 heteroatoms. The van der Waals surface area contributed by atoms with Crippen molar-refractivity contribution >= 4 is 11.8 Å². The van der Waals surface area contributed by atoms with Gasteiger partial charge in [0.25, 0.3) is 5.91 Å². The second kappa shape index (κ2) is 12.0. The zero-order valence-electron chi connectivity index (χ0n) is 21.0. The van der Waals surface area contributed by atoms with E-state index in [4.69, 9.17) is 4.74 Å². The van der Waals surface area contributed by atoms with Gasteiger partial charge in [0.05, 0.1) is 11.1 Å². The molecule has 2 fully saturated rings. The van der Waals surface area contributed by atoms with E-state index in [9.17, 15) is 22.8 Å². The van der Waals surface area contributed by atoms with E-state index in [1.54, 1.807) is 0 Å². The fourth-order valence-electron chi connectivity index (χ4n) is 4.85. The van der Waals surface area contributed by atoms with Crippen LogP contribution in [0.3, 0.4) is 0 Å². The molecule has 2 aliphatic heterocycles. The molecule has 1 N–H and O–H groups in total.